The molecule has 0 radical (unpaired) electrons. The number of carbonyl (C=O) groups excluding carboxylic acids is 1. The molecule has 0 aliphatic heterocycles. The smallest absolute Gasteiger partial charge is 0.240 e. The lowest BCUT2D eigenvalue weighted by Gasteiger charge is -2.33. The fourth-order valence-electron chi connectivity index (χ4n) is 5.07. The predicted molar refractivity (Wildman–Crippen MR) is 145 cm³/mol. The number of carbonyl (C=O) groups is 1. The molecule has 1 fully saturated rings. The Morgan fingerprint density at radius 3 is 2.30 bits per heavy atom. The molecule has 2 N–H and O–H groups in total. The van der Waals surface area contributed by atoms with Crippen LogP contribution in [0.4, 0.5) is 0 Å². The van der Waals surface area contributed by atoms with E-state index in [1.165, 1.54) is 0 Å². The van der Waals surface area contributed by atoms with E-state index in [1.54, 1.807) is 18.2 Å². The van der Waals surface area contributed by atoms with Crippen molar-refractivity contribution in [3.63, 3.8) is 0 Å². The first-order valence-corrected chi connectivity index (χ1v) is 14.2. The topological polar surface area (TPSA) is 95.2 Å². The van der Waals surface area contributed by atoms with Crippen molar-refractivity contribution in [2.24, 2.45) is 5.92 Å². The summed E-state index contributed by atoms with van der Waals surface area (Å²) >= 11 is 0. The third kappa shape index (κ3) is 5.45. The molecule has 0 spiro atoms. The van der Waals surface area contributed by atoms with Gasteiger partial charge in [0.05, 0.1) is 22.0 Å². The van der Waals surface area contributed by atoms with Gasteiger partial charge >= 0.3 is 0 Å². The van der Waals surface area contributed by atoms with Crippen LogP contribution < -0.4 is 4.72 Å². The fourth-order valence-corrected chi connectivity index (χ4v) is 6.39. The Labute approximate surface area is 218 Å². The summed E-state index contributed by atoms with van der Waals surface area (Å²) in [5, 5.41) is 0. The van der Waals surface area contributed by atoms with Crippen molar-refractivity contribution in [3.8, 4) is 11.4 Å². The fraction of sp³-hybridized carbons (Fsp3) is 0.310. The molecular weight excluding hydrogens is 484 g/mol. The Balaban J connectivity index is 1.21. The van der Waals surface area contributed by atoms with Gasteiger partial charge in [0.25, 0.3) is 0 Å². The number of H-pyrrole nitrogens is 1. The number of hydrogen-bond donors (Lipinski definition) is 2. The molecule has 1 aromatic heterocycles. The lowest BCUT2D eigenvalue weighted by Crippen LogP contribution is -2.41. The molecule has 37 heavy (non-hydrogen) atoms. The molecular formula is C29H32N4O3S. The van der Waals surface area contributed by atoms with E-state index in [9.17, 15) is 13.2 Å². The summed E-state index contributed by atoms with van der Waals surface area (Å²) in [7, 11) is -1.86. The molecule has 5 rings (SSSR count). The van der Waals surface area contributed by atoms with Crippen LogP contribution in [0.15, 0.2) is 83.8 Å². The van der Waals surface area contributed by atoms with Crippen LogP contribution in [0.25, 0.3) is 22.4 Å². The Hall–Kier alpha value is -3.49. The zero-order chi connectivity index (χ0) is 26.0. The van der Waals surface area contributed by atoms with Gasteiger partial charge in [-0.3, -0.25) is 4.79 Å². The van der Waals surface area contributed by atoms with E-state index >= 15 is 0 Å². The third-order valence-corrected chi connectivity index (χ3v) is 8.94. The summed E-state index contributed by atoms with van der Waals surface area (Å²) < 4.78 is 29.2. The summed E-state index contributed by atoms with van der Waals surface area (Å²) in [4.78, 5) is 23.0. The van der Waals surface area contributed by atoms with Crippen LogP contribution in [0.3, 0.4) is 0 Å². The lowest BCUT2D eigenvalue weighted by molar-refractivity contribution is -0.137. The first kappa shape index (κ1) is 25.2. The van der Waals surface area contributed by atoms with E-state index in [1.807, 2.05) is 79.5 Å². The molecule has 4 aromatic rings. The molecule has 3 aromatic carbocycles. The minimum atomic E-state index is -3.71. The quantitative estimate of drug-likeness (QED) is 0.349. The maximum absolute atomic E-state index is 13.2. The van der Waals surface area contributed by atoms with Crippen LogP contribution in [0.5, 0.6) is 0 Å². The Bertz CT molecular complexity index is 1480. The first-order valence-electron chi connectivity index (χ1n) is 12.7. The van der Waals surface area contributed by atoms with Gasteiger partial charge in [0.15, 0.2) is 0 Å². The van der Waals surface area contributed by atoms with Gasteiger partial charge in [-0.05, 0) is 56.4 Å². The Morgan fingerprint density at radius 2 is 1.62 bits per heavy atom. The highest BCUT2D eigenvalue weighted by atomic mass is 32.2. The van der Waals surface area contributed by atoms with Crippen molar-refractivity contribution in [2.45, 2.75) is 49.6 Å². The van der Waals surface area contributed by atoms with E-state index in [4.69, 9.17) is 0 Å². The molecule has 7 nitrogen and oxygen atoms in total. The highest BCUT2D eigenvalue weighted by Gasteiger charge is 2.32. The molecule has 1 aliphatic carbocycles. The number of aromatic amines is 1. The van der Waals surface area contributed by atoms with Gasteiger partial charge < -0.3 is 9.88 Å². The van der Waals surface area contributed by atoms with Crippen LogP contribution in [0, 0.1) is 5.92 Å². The lowest BCUT2D eigenvalue weighted by atomic mass is 9.85. The highest BCUT2D eigenvalue weighted by molar-refractivity contribution is 7.89. The summed E-state index contributed by atoms with van der Waals surface area (Å²) in [6, 6.07) is 24.5. The molecule has 1 atom stereocenters. The van der Waals surface area contributed by atoms with Gasteiger partial charge in [-0.25, -0.2) is 18.1 Å². The van der Waals surface area contributed by atoms with E-state index in [0.717, 1.165) is 16.6 Å². The van der Waals surface area contributed by atoms with Crippen LogP contribution in [0.2, 0.25) is 0 Å². The number of benzene rings is 3. The van der Waals surface area contributed by atoms with Gasteiger partial charge in [0, 0.05) is 24.6 Å². The summed E-state index contributed by atoms with van der Waals surface area (Å²) in [5.41, 5.74) is 3.43. The monoisotopic (exact) mass is 516 g/mol. The highest BCUT2D eigenvalue weighted by Crippen LogP contribution is 2.30. The van der Waals surface area contributed by atoms with Gasteiger partial charge in [-0.2, -0.15) is 0 Å². The Morgan fingerprint density at radius 1 is 0.973 bits per heavy atom. The number of fused-ring (bicyclic) bond motifs is 1. The second-order valence-electron chi connectivity index (χ2n) is 9.84. The minimum absolute atomic E-state index is 0.00992. The number of imidazole rings is 1. The second kappa shape index (κ2) is 10.5. The number of hydrogen-bond acceptors (Lipinski definition) is 4. The van der Waals surface area contributed by atoms with Crippen LogP contribution >= 0.6 is 0 Å². The molecule has 1 aliphatic rings. The van der Waals surface area contributed by atoms with Crippen molar-refractivity contribution in [1.29, 1.82) is 0 Å². The SMILES string of the molecule is C[C@H](c1ccccc1)N(C)C(=O)[C@H]1CC[C@H](NS(=O)(=O)c2ccc3[nH]c(-c4ccccc4)nc3c2)CC1. The zero-order valence-electron chi connectivity index (χ0n) is 21.1. The number of nitrogens with zero attached hydrogens (tertiary/aromatic N) is 2. The molecule has 192 valence electrons. The molecule has 1 heterocycles. The van der Waals surface area contributed by atoms with Crippen LogP contribution in [-0.4, -0.2) is 42.3 Å². The Kier molecular flexibility index (Phi) is 7.13. The van der Waals surface area contributed by atoms with Crippen molar-refractivity contribution in [3.05, 3.63) is 84.4 Å². The van der Waals surface area contributed by atoms with Crippen LogP contribution in [-0.2, 0) is 14.8 Å². The molecule has 0 saturated heterocycles. The molecule has 0 bridgehead atoms. The largest absolute Gasteiger partial charge is 0.339 e. The molecule has 1 amide bonds. The average molecular weight is 517 g/mol. The summed E-state index contributed by atoms with van der Waals surface area (Å²) in [6.45, 7) is 2.03. The number of aromatic nitrogens is 2. The second-order valence-corrected chi connectivity index (χ2v) is 11.6. The number of nitrogens with one attached hydrogen (secondary N) is 2. The summed E-state index contributed by atoms with van der Waals surface area (Å²) in [5.74, 6) is 0.734. The van der Waals surface area contributed by atoms with Crippen LogP contribution in [0.1, 0.15) is 44.2 Å². The number of amides is 1. The van der Waals surface area contributed by atoms with Gasteiger partial charge in [-0.1, -0.05) is 60.7 Å². The van der Waals surface area contributed by atoms with Crippen molar-refractivity contribution < 1.29 is 13.2 Å². The summed E-state index contributed by atoms with van der Waals surface area (Å²) in [6.07, 6.45) is 2.59. The van der Waals surface area contributed by atoms with E-state index in [0.29, 0.717) is 37.0 Å². The standard InChI is InChI=1S/C29H32N4O3S/c1-20(21-9-5-3-6-10-21)33(2)29(34)23-13-15-24(16-14-23)32-37(35,36)25-17-18-26-27(19-25)31-28(30-26)22-11-7-4-8-12-22/h3-12,17-20,23-24,32H,13-16H2,1-2H3,(H,30,31)/t20-,23-,24-/m1/s1. The molecule has 1 saturated carbocycles. The maximum Gasteiger partial charge on any atom is 0.240 e. The predicted octanol–water partition coefficient (Wildman–Crippen LogP) is 5.29. The van der Waals surface area contributed by atoms with Gasteiger partial charge in [0.1, 0.15) is 5.82 Å². The number of sulfonamides is 1. The van der Waals surface area contributed by atoms with Crippen molar-refractivity contribution >= 4 is 27.0 Å². The average Bonchev–Trinajstić information content (AvgIpc) is 3.37. The van der Waals surface area contributed by atoms with E-state index < -0.39 is 10.0 Å². The van der Waals surface area contributed by atoms with Gasteiger partial charge in [0.2, 0.25) is 15.9 Å². The number of rotatable bonds is 7. The zero-order valence-corrected chi connectivity index (χ0v) is 21.9. The van der Waals surface area contributed by atoms with Crippen molar-refractivity contribution in [2.75, 3.05) is 7.05 Å². The maximum atomic E-state index is 13.2. The van der Waals surface area contributed by atoms with E-state index in [2.05, 4.69) is 14.7 Å². The van der Waals surface area contributed by atoms with E-state index in [-0.39, 0.29) is 28.8 Å². The van der Waals surface area contributed by atoms with Crippen molar-refractivity contribution in [1.82, 2.24) is 19.6 Å². The van der Waals surface area contributed by atoms with Gasteiger partial charge in [-0.15, -0.1) is 0 Å². The third-order valence-electron chi connectivity index (χ3n) is 7.42. The normalized spacial score (nSPS) is 19.0. The minimum Gasteiger partial charge on any atom is -0.339 e. The first-order chi connectivity index (χ1) is 17.8. The molecule has 8 heteroatoms. The molecule has 0 unspecified atom stereocenters.